The molecule has 0 bridgehead atoms. The highest BCUT2D eigenvalue weighted by Gasteiger charge is 2.46. The highest BCUT2D eigenvalue weighted by molar-refractivity contribution is 6.46. The fourth-order valence-electron chi connectivity index (χ4n) is 4.11. The maximum atomic E-state index is 13.2. The van der Waals surface area contributed by atoms with Gasteiger partial charge in [0.1, 0.15) is 11.5 Å². The number of ether oxygens (including phenoxy) is 1. The predicted octanol–water partition coefficient (Wildman–Crippen LogP) is 4.79. The Hall–Kier alpha value is -4.53. The van der Waals surface area contributed by atoms with Gasteiger partial charge in [-0.2, -0.15) is 0 Å². The van der Waals surface area contributed by atoms with Gasteiger partial charge < -0.3 is 14.7 Å². The monoisotopic (exact) mass is 487 g/mol. The number of nitro groups is 1. The van der Waals surface area contributed by atoms with Crippen LogP contribution in [0, 0.1) is 10.1 Å². The molecule has 0 spiro atoms. The Labute approximate surface area is 207 Å². The lowest BCUT2D eigenvalue weighted by Gasteiger charge is -2.25. The van der Waals surface area contributed by atoms with Gasteiger partial charge in [0, 0.05) is 36.6 Å². The molecule has 2 aromatic carbocycles. The second-order valence-corrected chi connectivity index (χ2v) is 8.36. The zero-order valence-electron chi connectivity index (χ0n) is 19.7. The van der Waals surface area contributed by atoms with Gasteiger partial charge in [0.05, 0.1) is 23.1 Å². The first-order chi connectivity index (χ1) is 17.4. The number of Topliss-reactive ketones (excluding diaryl/α,β-unsaturated/α-hetero) is 1. The number of hydrogen-bond acceptors (Lipinski definition) is 7. The number of likely N-dealkylation sites (tertiary alicyclic amines) is 1. The van der Waals surface area contributed by atoms with Crippen LogP contribution in [0.15, 0.2) is 78.6 Å². The van der Waals surface area contributed by atoms with Gasteiger partial charge in [0.15, 0.2) is 0 Å². The summed E-state index contributed by atoms with van der Waals surface area (Å²) in [6.45, 7) is 2.60. The fraction of sp³-hybridized carbons (Fsp3) is 0.222. The molecule has 1 N–H and O–H groups in total. The number of aliphatic hydroxyl groups is 1. The van der Waals surface area contributed by atoms with Crippen LogP contribution in [0.1, 0.15) is 42.5 Å². The molecule has 0 saturated carbocycles. The zero-order valence-corrected chi connectivity index (χ0v) is 19.7. The van der Waals surface area contributed by atoms with E-state index in [1.165, 1.54) is 23.1 Å². The number of hydrogen-bond donors (Lipinski definition) is 1. The average Bonchev–Trinajstić information content (AvgIpc) is 3.14. The number of carbonyl (C=O) groups excluding carboxylic acids is 2. The third-order valence-corrected chi connectivity index (χ3v) is 5.91. The van der Waals surface area contributed by atoms with Crippen molar-refractivity contribution in [3.05, 3.63) is 105 Å². The SMILES string of the molecule is CCCCOc1cccc(/C(O)=C2\C(=O)C(=O)N(Cc3ccncc3)C2c2cccc([N+](=O)[O-])c2)c1. The van der Waals surface area contributed by atoms with Crippen LogP contribution >= 0.6 is 0 Å². The highest BCUT2D eigenvalue weighted by atomic mass is 16.6. The van der Waals surface area contributed by atoms with Crippen molar-refractivity contribution in [2.75, 3.05) is 6.61 Å². The molecule has 9 heteroatoms. The van der Waals surface area contributed by atoms with E-state index in [0.29, 0.717) is 29.0 Å². The summed E-state index contributed by atoms with van der Waals surface area (Å²) < 4.78 is 5.72. The summed E-state index contributed by atoms with van der Waals surface area (Å²) in [6.07, 6.45) is 4.96. The second-order valence-electron chi connectivity index (χ2n) is 8.36. The minimum Gasteiger partial charge on any atom is -0.507 e. The molecule has 1 aliphatic heterocycles. The van der Waals surface area contributed by atoms with Gasteiger partial charge >= 0.3 is 0 Å². The van der Waals surface area contributed by atoms with Crippen LogP contribution in [0.5, 0.6) is 5.75 Å². The van der Waals surface area contributed by atoms with E-state index in [2.05, 4.69) is 4.98 Å². The maximum absolute atomic E-state index is 13.2. The van der Waals surface area contributed by atoms with Crippen LogP contribution in [0.4, 0.5) is 5.69 Å². The Balaban J connectivity index is 1.82. The topological polar surface area (TPSA) is 123 Å². The quantitative estimate of drug-likeness (QED) is 0.115. The van der Waals surface area contributed by atoms with Crippen molar-refractivity contribution < 1.29 is 24.4 Å². The Bertz CT molecular complexity index is 1320. The third-order valence-electron chi connectivity index (χ3n) is 5.91. The van der Waals surface area contributed by atoms with E-state index in [4.69, 9.17) is 4.74 Å². The number of aliphatic hydroxyl groups excluding tert-OH is 1. The summed E-state index contributed by atoms with van der Waals surface area (Å²) in [6, 6.07) is 14.8. The van der Waals surface area contributed by atoms with Crippen molar-refractivity contribution in [2.24, 2.45) is 0 Å². The van der Waals surface area contributed by atoms with Crippen molar-refractivity contribution in [2.45, 2.75) is 32.4 Å². The lowest BCUT2D eigenvalue weighted by atomic mass is 9.94. The first-order valence-corrected chi connectivity index (χ1v) is 11.6. The van der Waals surface area contributed by atoms with Gasteiger partial charge in [-0.05, 0) is 41.8 Å². The van der Waals surface area contributed by atoms with Crippen molar-refractivity contribution in [1.29, 1.82) is 0 Å². The van der Waals surface area contributed by atoms with E-state index in [9.17, 15) is 24.8 Å². The van der Waals surface area contributed by atoms with Gasteiger partial charge in [-0.1, -0.05) is 37.6 Å². The molecule has 36 heavy (non-hydrogen) atoms. The summed E-state index contributed by atoms with van der Waals surface area (Å²) in [4.78, 5) is 42.6. The van der Waals surface area contributed by atoms with Gasteiger partial charge in [-0.3, -0.25) is 24.7 Å². The number of carbonyl (C=O) groups is 2. The van der Waals surface area contributed by atoms with Gasteiger partial charge in [0.2, 0.25) is 0 Å². The summed E-state index contributed by atoms with van der Waals surface area (Å²) >= 11 is 0. The minimum absolute atomic E-state index is 0.0530. The number of ketones is 1. The molecule has 1 fully saturated rings. The molecular formula is C27H25N3O6. The standard InChI is InChI=1S/C27H25N3O6/c1-2-3-14-36-22-9-5-7-20(16-22)25(31)23-24(19-6-4-8-21(15-19)30(34)35)29(27(33)26(23)32)17-18-10-12-28-13-11-18/h4-13,15-16,24,31H,2-3,14,17H2,1H3/b25-23+. The smallest absolute Gasteiger partial charge is 0.295 e. The predicted molar refractivity (Wildman–Crippen MR) is 132 cm³/mol. The van der Waals surface area contributed by atoms with Crippen LogP contribution in [-0.2, 0) is 16.1 Å². The molecule has 0 aliphatic carbocycles. The lowest BCUT2D eigenvalue weighted by Crippen LogP contribution is -2.29. The van der Waals surface area contributed by atoms with E-state index in [1.807, 2.05) is 6.92 Å². The summed E-state index contributed by atoms with van der Waals surface area (Å²) in [5, 5.41) is 22.7. The molecule has 1 aromatic heterocycles. The number of nitrogens with zero attached hydrogens (tertiary/aromatic N) is 3. The molecule has 1 amide bonds. The molecule has 3 aromatic rings. The van der Waals surface area contributed by atoms with Gasteiger partial charge in [-0.25, -0.2) is 0 Å². The Morgan fingerprint density at radius 2 is 1.86 bits per heavy atom. The first kappa shape index (κ1) is 24.6. The molecule has 1 atom stereocenters. The van der Waals surface area contributed by atoms with Crippen molar-refractivity contribution in [3.8, 4) is 5.75 Å². The number of rotatable bonds is 9. The van der Waals surface area contributed by atoms with Crippen LogP contribution in [0.2, 0.25) is 0 Å². The van der Waals surface area contributed by atoms with E-state index in [1.54, 1.807) is 54.9 Å². The largest absolute Gasteiger partial charge is 0.507 e. The molecule has 4 rings (SSSR count). The molecule has 1 unspecified atom stereocenters. The molecule has 9 nitrogen and oxygen atoms in total. The number of non-ortho nitro benzene ring substituents is 1. The molecule has 1 saturated heterocycles. The van der Waals surface area contributed by atoms with Crippen molar-refractivity contribution >= 4 is 23.1 Å². The number of benzene rings is 2. The molecule has 184 valence electrons. The number of unbranched alkanes of at least 4 members (excludes halogenated alkanes) is 1. The summed E-state index contributed by atoms with van der Waals surface area (Å²) in [5.74, 6) is -1.52. The number of pyridine rings is 1. The molecular weight excluding hydrogens is 462 g/mol. The number of amides is 1. The van der Waals surface area contributed by atoms with E-state index in [0.717, 1.165) is 12.8 Å². The average molecular weight is 488 g/mol. The summed E-state index contributed by atoms with van der Waals surface area (Å²) in [5.41, 5.74) is 1.04. The van der Waals surface area contributed by atoms with Crippen molar-refractivity contribution in [3.63, 3.8) is 0 Å². The Morgan fingerprint density at radius 1 is 1.11 bits per heavy atom. The van der Waals surface area contributed by atoms with E-state index < -0.39 is 22.7 Å². The summed E-state index contributed by atoms with van der Waals surface area (Å²) in [7, 11) is 0. The van der Waals surface area contributed by atoms with Crippen LogP contribution < -0.4 is 4.74 Å². The highest BCUT2D eigenvalue weighted by Crippen LogP contribution is 2.41. The van der Waals surface area contributed by atoms with E-state index >= 15 is 0 Å². The van der Waals surface area contributed by atoms with Gasteiger partial charge in [-0.15, -0.1) is 0 Å². The van der Waals surface area contributed by atoms with Crippen LogP contribution in [0.25, 0.3) is 5.76 Å². The first-order valence-electron chi connectivity index (χ1n) is 11.6. The number of nitro benzene ring substituents is 1. The third kappa shape index (κ3) is 5.10. The Kier molecular flexibility index (Phi) is 7.39. The fourth-order valence-corrected chi connectivity index (χ4v) is 4.11. The zero-order chi connectivity index (χ0) is 25.7. The lowest BCUT2D eigenvalue weighted by molar-refractivity contribution is -0.384. The Morgan fingerprint density at radius 3 is 2.58 bits per heavy atom. The van der Waals surface area contributed by atoms with E-state index in [-0.39, 0.29) is 23.6 Å². The van der Waals surface area contributed by atoms with Crippen LogP contribution in [-0.4, -0.2) is 38.2 Å². The minimum atomic E-state index is -1.03. The maximum Gasteiger partial charge on any atom is 0.295 e. The molecule has 0 radical (unpaired) electrons. The van der Waals surface area contributed by atoms with Crippen LogP contribution in [0.3, 0.4) is 0 Å². The normalized spacial score (nSPS) is 16.8. The number of aromatic nitrogens is 1. The van der Waals surface area contributed by atoms with Crippen molar-refractivity contribution in [1.82, 2.24) is 9.88 Å². The molecule has 2 heterocycles. The second kappa shape index (κ2) is 10.8. The molecule has 1 aliphatic rings. The van der Waals surface area contributed by atoms with Gasteiger partial charge in [0.25, 0.3) is 17.4 Å².